The molecular formula is C16H18FNO4S. The quantitative estimate of drug-likeness (QED) is 0.850. The number of rotatable bonds is 5. The van der Waals surface area contributed by atoms with Gasteiger partial charge in [0.1, 0.15) is 11.6 Å². The van der Waals surface area contributed by atoms with Crippen LogP contribution in [0.3, 0.4) is 0 Å². The van der Waals surface area contributed by atoms with Gasteiger partial charge in [0.15, 0.2) is 9.84 Å². The highest BCUT2D eigenvalue weighted by molar-refractivity contribution is 7.92. The van der Waals surface area contributed by atoms with Crippen molar-refractivity contribution in [3.8, 4) is 0 Å². The zero-order valence-electron chi connectivity index (χ0n) is 13.1. The van der Waals surface area contributed by atoms with Gasteiger partial charge in [0.2, 0.25) is 0 Å². The molecule has 7 heteroatoms. The second kappa shape index (κ2) is 6.54. The van der Waals surface area contributed by atoms with Gasteiger partial charge in [0.05, 0.1) is 22.0 Å². The summed E-state index contributed by atoms with van der Waals surface area (Å²) in [5, 5.41) is 1.90. The van der Waals surface area contributed by atoms with E-state index >= 15 is 0 Å². The fraction of sp³-hybridized carbons (Fsp3) is 0.312. The fourth-order valence-corrected chi connectivity index (χ4v) is 3.08. The van der Waals surface area contributed by atoms with Gasteiger partial charge < -0.3 is 9.73 Å². The Morgan fingerprint density at radius 1 is 1.30 bits per heavy atom. The van der Waals surface area contributed by atoms with Gasteiger partial charge in [-0.1, -0.05) is 0 Å². The van der Waals surface area contributed by atoms with Crippen LogP contribution in [0.25, 0.3) is 0 Å². The number of aryl methyl sites for hydroxylation is 1. The largest absolute Gasteiger partial charge is 0.469 e. The molecule has 1 aromatic carbocycles. The molecular weight excluding hydrogens is 321 g/mol. The molecule has 0 saturated heterocycles. The van der Waals surface area contributed by atoms with Crippen molar-refractivity contribution >= 4 is 15.7 Å². The van der Waals surface area contributed by atoms with Gasteiger partial charge in [-0.3, -0.25) is 4.79 Å². The minimum atomic E-state index is -3.58. The van der Waals surface area contributed by atoms with Crippen molar-refractivity contribution in [1.82, 2.24) is 5.32 Å². The molecule has 2 rings (SSSR count). The molecule has 0 spiro atoms. The van der Waals surface area contributed by atoms with Crippen molar-refractivity contribution in [3.05, 3.63) is 53.2 Å². The number of hydrogen-bond acceptors (Lipinski definition) is 4. The summed E-state index contributed by atoms with van der Waals surface area (Å²) in [6.07, 6.45) is 1.49. The van der Waals surface area contributed by atoms with Crippen molar-refractivity contribution < 1.29 is 22.0 Å². The van der Waals surface area contributed by atoms with Crippen LogP contribution in [0.2, 0.25) is 0 Å². The average molecular weight is 339 g/mol. The molecule has 1 N–H and O–H groups in total. The Kier molecular flexibility index (Phi) is 4.89. The van der Waals surface area contributed by atoms with E-state index in [0.717, 1.165) is 17.7 Å². The maximum Gasteiger partial charge on any atom is 0.254 e. The molecule has 0 bridgehead atoms. The summed E-state index contributed by atoms with van der Waals surface area (Å²) in [4.78, 5) is 12.1. The van der Waals surface area contributed by atoms with Gasteiger partial charge >= 0.3 is 0 Å². The van der Waals surface area contributed by atoms with Crippen LogP contribution in [0, 0.1) is 12.7 Å². The lowest BCUT2D eigenvalue weighted by atomic mass is 10.2. The highest BCUT2D eigenvalue weighted by Crippen LogP contribution is 2.19. The third-order valence-corrected chi connectivity index (χ3v) is 5.69. The molecule has 1 aromatic heterocycles. The summed E-state index contributed by atoms with van der Waals surface area (Å²) in [5.74, 6) is -0.792. The predicted octanol–water partition coefficient (Wildman–Crippen LogP) is 2.84. The minimum Gasteiger partial charge on any atom is -0.469 e. The number of carbonyl (C=O) groups excluding carboxylic acids is 1. The lowest BCUT2D eigenvalue weighted by molar-refractivity contribution is 0.0946. The van der Waals surface area contributed by atoms with E-state index in [4.69, 9.17) is 4.42 Å². The third-order valence-electron chi connectivity index (χ3n) is 3.54. The molecule has 2 aromatic rings. The maximum atomic E-state index is 13.9. The van der Waals surface area contributed by atoms with E-state index in [1.54, 1.807) is 13.0 Å². The topological polar surface area (TPSA) is 76.4 Å². The summed E-state index contributed by atoms with van der Waals surface area (Å²) in [6.45, 7) is 4.97. The van der Waals surface area contributed by atoms with Crippen molar-refractivity contribution in [2.24, 2.45) is 0 Å². The molecule has 1 heterocycles. The standard InChI is InChI=1S/C16H18FNO4S/c1-10(2)23(20,21)13-4-5-15(17)14(8-13)16(19)18-9-12-6-7-22-11(12)3/h4-8,10H,9H2,1-3H3,(H,18,19). The van der Waals surface area contributed by atoms with E-state index in [2.05, 4.69) is 5.32 Å². The zero-order chi connectivity index (χ0) is 17.2. The Balaban J connectivity index is 2.25. The maximum absolute atomic E-state index is 13.9. The third kappa shape index (κ3) is 3.61. The number of hydrogen-bond donors (Lipinski definition) is 1. The van der Waals surface area contributed by atoms with Crippen LogP contribution in [0.4, 0.5) is 4.39 Å². The SMILES string of the molecule is Cc1occc1CNC(=O)c1cc(S(=O)(=O)C(C)C)ccc1F. The second-order valence-corrected chi connectivity index (χ2v) is 7.92. The summed E-state index contributed by atoms with van der Waals surface area (Å²) < 4.78 is 43.3. The number of carbonyl (C=O) groups is 1. The minimum absolute atomic E-state index is 0.0708. The molecule has 0 aliphatic carbocycles. The second-order valence-electron chi connectivity index (χ2n) is 5.42. The molecule has 1 amide bonds. The van der Waals surface area contributed by atoms with E-state index in [1.165, 1.54) is 26.2 Å². The normalized spacial score (nSPS) is 11.7. The van der Waals surface area contributed by atoms with E-state index in [0.29, 0.717) is 5.76 Å². The number of amides is 1. The first-order chi connectivity index (χ1) is 10.7. The van der Waals surface area contributed by atoms with E-state index < -0.39 is 26.8 Å². The van der Waals surface area contributed by atoms with Crippen LogP contribution in [0.1, 0.15) is 35.5 Å². The highest BCUT2D eigenvalue weighted by atomic mass is 32.2. The van der Waals surface area contributed by atoms with Crippen LogP contribution >= 0.6 is 0 Å². The van der Waals surface area contributed by atoms with Gasteiger partial charge in [0.25, 0.3) is 5.91 Å². The van der Waals surface area contributed by atoms with Crippen LogP contribution < -0.4 is 5.32 Å². The predicted molar refractivity (Wildman–Crippen MR) is 83.3 cm³/mol. The first-order valence-corrected chi connectivity index (χ1v) is 8.62. The molecule has 23 heavy (non-hydrogen) atoms. The first kappa shape index (κ1) is 17.2. The van der Waals surface area contributed by atoms with Crippen LogP contribution in [0.15, 0.2) is 39.8 Å². The van der Waals surface area contributed by atoms with Crippen molar-refractivity contribution in [1.29, 1.82) is 0 Å². The van der Waals surface area contributed by atoms with Crippen LogP contribution in [-0.4, -0.2) is 19.6 Å². The van der Waals surface area contributed by atoms with Gasteiger partial charge in [-0.15, -0.1) is 0 Å². The smallest absolute Gasteiger partial charge is 0.254 e. The average Bonchev–Trinajstić information content (AvgIpc) is 2.90. The summed E-state index contributed by atoms with van der Waals surface area (Å²) in [5.41, 5.74) is 0.470. The molecule has 5 nitrogen and oxygen atoms in total. The van der Waals surface area contributed by atoms with Crippen molar-refractivity contribution in [2.45, 2.75) is 37.5 Å². The molecule has 0 atom stereocenters. The van der Waals surface area contributed by atoms with Crippen LogP contribution in [0.5, 0.6) is 0 Å². The Hall–Kier alpha value is -2.15. The van der Waals surface area contributed by atoms with Gasteiger partial charge in [-0.05, 0) is 45.0 Å². The molecule has 0 saturated carbocycles. The lowest BCUT2D eigenvalue weighted by Crippen LogP contribution is -2.24. The Morgan fingerprint density at radius 2 is 2.00 bits per heavy atom. The monoisotopic (exact) mass is 339 g/mol. The lowest BCUT2D eigenvalue weighted by Gasteiger charge is -2.10. The summed E-state index contributed by atoms with van der Waals surface area (Å²) in [6, 6.07) is 4.93. The molecule has 124 valence electrons. The molecule has 0 aliphatic heterocycles. The van der Waals surface area contributed by atoms with Crippen molar-refractivity contribution in [3.63, 3.8) is 0 Å². The number of benzene rings is 1. The van der Waals surface area contributed by atoms with Gasteiger partial charge in [-0.25, -0.2) is 12.8 Å². The molecule has 0 unspecified atom stereocenters. The summed E-state index contributed by atoms with van der Waals surface area (Å²) >= 11 is 0. The van der Waals surface area contributed by atoms with E-state index in [1.807, 2.05) is 0 Å². The van der Waals surface area contributed by atoms with Crippen molar-refractivity contribution in [2.75, 3.05) is 0 Å². The number of halogens is 1. The molecule has 0 fully saturated rings. The Morgan fingerprint density at radius 3 is 2.57 bits per heavy atom. The van der Waals surface area contributed by atoms with Gasteiger partial charge in [0, 0.05) is 12.1 Å². The zero-order valence-corrected chi connectivity index (χ0v) is 13.9. The number of nitrogens with one attached hydrogen (secondary N) is 1. The van der Waals surface area contributed by atoms with Crippen LogP contribution in [-0.2, 0) is 16.4 Å². The molecule has 0 aliphatic rings. The molecule has 0 radical (unpaired) electrons. The number of furan rings is 1. The van der Waals surface area contributed by atoms with E-state index in [9.17, 15) is 17.6 Å². The summed E-state index contributed by atoms with van der Waals surface area (Å²) in [7, 11) is -3.58. The first-order valence-electron chi connectivity index (χ1n) is 7.08. The van der Waals surface area contributed by atoms with Gasteiger partial charge in [-0.2, -0.15) is 0 Å². The highest BCUT2D eigenvalue weighted by Gasteiger charge is 2.22. The Labute approximate surface area is 134 Å². The number of sulfone groups is 1. The Bertz CT molecular complexity index is 824. The van der Waals surface area contributed by atoms with E-state index in [-0.39, 0.29) is 17.0 Å². The fourth-order valence-electron chi connectivity index (χ4n) is 1.99.